The maximum absolute atomic E-state index is 11.9. The van der Waals surface area contributed by atoms with Gasteiger partial charge in [0.05, 0.1) is 6.10 Å². The second-order valence-corrected chi connectivity index (χ2v) is 4.49. The summed E-state index contributed by atoms with van der Waals surface area (Å²) in [6.07, 6.45) is 4.88. The number of nitrogens with zero attached hydrogens (tertiary/aromatic N) is 1. The van der Waals surface area contributed by atoms with Crippen LogP contribution in [0.4, 0.5) is 4.79 Å². The monoisotopic (exact) mass is 240 g/mol. The lowest BCUT2D eigenvalue weighted by molar-refractivity contribution is -0.141. The van der Waals surface area contributed by atoms with E-state index in [4.69, 9.17) is 5.11 Å². The first-order chi connectivity index (χ1) is 8.08. The van der Waals surface area contributed by atoms with E-state index in [9.17, 15) is 14.7 Å². The predicted molar refractivity (Wildman–Crippen MR) is 59.4 cm³/mol. The van der Waals surface area contributed by atoms with Crippen LogP contribution in [0.25, 0.3) is 0 Å². The Morgan fingerprint density at radius 2 is 1.94 bits per heavy atom. The molecule has 6 heteroatoms. The molecular formula is C11H16N2O4. The van der Waals surface area contributed by atoms with E-state index in [1.54, 1.807) is 0 Å². The zero-order valence-corrected chi connectivity index (χ0v) is 9.37. The number of amides is 2. The zero-order valence-electron chi connectivity index (χ0n) is 9.37. The quantitative estimate of drug-likeness (QED) is 0.589. The van der Waals surface area contributed by atoms with Gasteiger partial charge >= 0.3 is 12.0 Å². The molecule has 2 atom stereocenters. The molecule has 2 rings (SSSR count). The van der Waals surface area contributed by atoms with Crippen LogP contribution in [0.2, 0.25) is 0 Å². The van der Waals surface area contributed by atoms with Crippen LogP contribution in [0.3, 0.4) is 0 Å². The van der Waals surface area contributed by atoms with Gasteiger partial charge in [-0.25, -0.2) is 9.59 Å². The Morgan fingerprint density at radius 1 is 1.29 bits per heavy atom. The van der Waals surface area contributed by atoms with E-state index in [0.29, 0.717) is 0 Å². The van der Waals surface area contributed by atoms with Crippen LogP contribution in [-0.4, -0.2) is 51.8 Å². The Bertz CT molecular complexity index is 347. The van der Waals surface area contributed by atoms with Gasteiger partial charge in [-0.2, -0.15) is 0 Å². The Labute approximate surface area is 98.9 Å². The van der Waals surface area contributed by atoms with Crippen LogP contribution in [0, 0.1) is 0 Å². The van der Waals surface area contributed by atoms with Crippen molar-refractivity contribution >= 4 is 12.0 Å². The number of urea groups is 1. The van der Waals surface area contributed by atoms with E-state index in [-0.39, 0.29) is 19.0 Å². The Kier molecular flexibility index (Phi) is 3.33. The Hall–Kier alpha value is -1.56. The third-order valence-electron chi connectivity index (χ3n) is 3.16. The fourth-order valence-corrected chi connectivity index (χ4v) is 2.26. The average molecular weight is 240 g/mol. The van der Waals surface area contributed by atoms with Crippen molar-refractivity contribution in [2.24, 2.45) is 0 Å². The van der Waals surface area contributed by atoms with Gasteiger partial charge in [-0.05, 0) is 12.8 Å². The maximum atomic E-state index is 11.9. The van der Waals surface area contributed by atoms with E-state index in [1.165, 1.54) is 4.90 Å². The number of nitrogens with one attached hydrogen (secondary N) is 1. The first-order valence-electron chi connectivity index (χ1n) is 5.71. The van der Waals surface area contributed by atoms with E-state index < -0.39 is 24.1 Å². The van der Waals surface area contributed by atoms with Gasteiger partial charge in [0.1, 0.15) is 6.04 Å². The molecule has 0 aromatic heterocycles. The van der Waals surface area contributed by atoms with Gasteiger partial charge < -0.3 is 20.4 Å². The minimum atomic E-state index is -1.07. The second-order valence-electron chi connectivity index (χ2n) is 4.49. The van der Waals surface area contributed by atoms with Crippen LogP contribution in [0.5, 0.6) is 0 Å². The zero-order chi connectivity index (χ0) is 12.4. The number of aliphatic carboxylic acids is 1. The molecule has 0 aromatic carbocycles. The number of hydrogen-bond acceptors (Lipinski definition) is 3. The van der Waals surface area contributed by atoms with Crippen molar-refractivity contribution in [1.82, 2.24) is 10.2 Å². The first kappa shape index (κ1) is 11.9. The summed E-state index contributed by atoms with van der Waals surface area (Å²) in [5.41, 5.74) is 0. The van der Waals surface area contributed by atoms with E-state index in [0.717, 1.165) is 12.8 Å². The number of carboxylic acids is 1. The number of aliphatic hydroxyl groups is 1. The van der Waals surface area contributed by atoms with Gasteiger partial charge in [0.2, 0.25) is 0 Å². The number of likely N-dealkylation sites (tertiary alicyclic amines) is 1. The van der Waals surface area contributed by atoms with Crippen LogP contribution in [-0.2, 0) is 4.79 Å². The number of rotatable bonds is 2. The summed E-state index contributed by atoms with van der Waals surface area (Å²) in [6.45, 7) is 0.0863. The minimum absolute atomic E-state index is 0.0506. The molecule has 17 heavy (non-hydrogen) atoms. The summed E-state index contributed by atoms with van der Waals surface area (Å²) >= 11 is 0. The lowest BCUT2D eigenvalue weighted by atomic mass is 10.2. The highest BCUT2D eigenvalue weighted by Gasteiger charge is 2.39. The van der Waals surface area contributed by atoms with Gasteiger partial charge in [-0.15, -0.1) is 0 Å². The summed E-state index contributed by atoms with van der Waals surface area (Å²) < 4.78 is 0. The minimum Gasteiger partial charge on any atom is -0.480 e. The van der Waals surface area contributed by atoms with Crippen molar-refractivity contribution in [3.8, 4) is 0 Å². The number of carbonyl (C=O) groups is 2. The average Bonchev–Trinajstić information content (AvgIpc) is 2.86. The first-order valence-corrected chi connectivity index (χ1v) is 5.71. The molecule has 94 valence electrons. The molecule has 0 aromatic rings. The van der Waals surface area contributed by atoms with Crippen molar-refractivity contribution in [3.05, 3.63) is 12.2 Å². The molecule has 1 aliphatic carbocycles. The standard InChI is InChI=1S/C11H16N2O4/c14-8-5-9(10(15)16)13(6-8)11(17)12-7-3-1-2-4-7/h1-2,7-9,14H,3-6H2,(H,12,17)(H,15,16)/t8-,9-/m0/s1. The van der Waals surface area contributed by atoms with Crippen molar-refractivity contribution in [1.29, 1.82) is 0 Å². The summed E-state index contributed by atoms with van der Waals surface area (Å²) in [7, 11) is 0. The number of aliphatic hydroxyl groups excluding tert-OH is 1. The molecule has 3 N–H and O–H groups in total. The molecule has 1 aliphatic heterocycles. The number of carbonyl (C=O) groups excluding carboxylic acids is 1. The lowest BCUT2D eigenvalue weighted by Gasteiger charge is -2.23. The van der Waals surface area contributed by atoms with Gasteiger partial charge in [0, 0.05) is 19.0 Å². The van der Waals surface area contributed by atoms with Crippen molar-refractivity contribution in [2.45, 2.75) is 37.5 Å². The van der Waals surface area contributed by atoms with Gasteiger partial charge in [0.15, 0.2) is 0 Å². The second kappa shape index (κ2) is 4.75. The van der Waals surface area contributed by atoms with Crippen LogP contribution in [0.15, 0.2) is 12.2 Å². The molecule has 0 spiro atoms. The van der Waals surface area contributed by atoms with Crippen LogP contribution in [0.1, 0.15) is 19.3 Å². The fraction of sp³-hybridized carbons (Fsp3) is 0.636. The molecule has 1 heterocycles. The highest BCUT2D eigenvalue weighted by Crippen LogP contribution is 2.19. The molecule has 0 radical (unpaired) electrons. The van der Waals surface area contributed by atoms with Crippen LogP contribution >= 0.6 is 0 Å². The molecule has 6 nitrogen and oxygen atoms in total. The predicted octanol–water partition coefficient (Wildman–Crippen LogP) is -0.0656. The fourth-order valence-electron chi connectivity index (χ4n) is 2.26. The summed E-state index contributed by atoms with van der Waals surface area (Å²) in [5.74, 6) is -1.07. The van der Waals surface area contributed by atoms with Crippen LogP contribution < -0.4 is 5.32 Å². The highest BCUT2D eigenvalue weighted by atomic mass is 16.4. The highest BCUT2D eigenvalue weighted by molar-refractivity contribution is 5.83. The summed E-state index contributed by atoms with van der Waals surface area (Å²) in [4.78, 5) is 24.0. The molecule has 1 fully saturated rings. The van der Waals surface area contributed by atoms with E-state index >= 15 is 0 Å². The van der Waals surface area contributed by atoms with Crippen molar-refractivity contribution in [3.63, 3.8) is 0 Å². The summed E-state index contributed by atoms with van der Waals surface area (Å²) in [5, 5.41) is 21.2. The van der Waals surface area contributed by atoms with Crippen molar-refractivity contribution < 1.29 is 19.8 Å². The Balaban J connectivity index is 1.95. The smallest absolute Gasteiger partial charge is 0.326 e. The van der Waals surface area contributed by atoms with Gasteiger partial charge in [-0.3, -0.25) is 0 Å². The lowest BCUT2D eigenvalue weighted by Crippen LogP contribution is -2.48. The van der Waals surface area contributed by atoms with E-state index in [2.05, 4.69) is 5.32 Å². The van der Waals surface area contributed by atoms with Crippen molar-refractivity contribution in [2.75, 3.05) is 6.54 Å². The van der Waals surface area contributed by atoms with E-state index in [1.807, 2.05) is 12.2 Å². The molecule has 0 unspecified atom stereocenters. The topological polar surface area (TPSA) is 89.9 Å². The molecule has 0 bridgehead atoms. The Morgan fingerprint density at radius 3 is 2.53 bits per heavy atom. The normalized spacial score (nSPS) is 28.6. The molecule has 0 saturated carbocycles. The maximum Gasteiger partial charge on any atom is 0.326 e. The molecular weight excluding hydrogens is 224 g/mol. The third kappa shape index (κ3) is 2.58. The number of β-amino-alcohol motifs (C(OH)–C–C–N with tert-alkyl or cyclic N) is 1. The molecule has 2 amide bonds. The molecule has 2 aliphatic rings. The third-order valence-corrected chi connectivity index (χ3v) is 3.16. The number of carboxylic acid groups (broad SMARTS) is 1. The SMILES string of the molecule is O=C(O)[C@@H]1C[C@H](O)CN1C(=O)NC1CC=CC1. The summed E-state index contributed by atoms with van der Waals surface area (Å²) in [6, 6.07) is -1.27. The van der Waals surface area contributed by atoms with Gasteiger partial charge in [-0.1, -0.05) is 12.2 Å². The largest absolute Gasteiger partial charge is 0.480 e. The van der Waals surface area contributed by atoms with Gasteiger partial charge in [0.25, 0.3) is 0 Å². The number of hydrogen-bond donors (Lipinski definition) is 3. The molecule has 1 saturated heterocycles.